The lowest BCUT2D eigenvalue weighted by molar-refractivity contribution is -0.122. The van der Waals surface area contributed by atoms with Crippen molar-refractivity contribution in [3.8, 4) is 0 Å². The van der Waals surface area contributed by atoms with Crippen LogP contribution >= 0.6 is 0 Å². The van der Waals surface area contributed by atoms with Crippen molar-refractivity contribution in [3.63, 3.8) is 0 Å². The molecule has 2 unspecified atom stereocenters. The molecular formula is C15H23N3O. The maximum Gasteiger partial charge on any atom is 0.245 e. The van der Waals surface area contributed by atoms with E-state index < -0.39 is 0 Å². The third-order valence-corrected chi connectivity index (χ3v) is 3.75. The van der Waals surface area contributed by atoms with E-state index in [1.165, 1.54) is 5.56 Å². The van der Waals surface area contributed by atoms with Crippen LogP contribution in [-0.4, -0.2) is 43.5 Å². The van der Waals surface area contributed by atoms with E-state index in [0.717, 1.165) is 18.8 Å². The summed E-state index contributed by atoms with van der Waals surface area (Å²) in [5, 5.41) is 0. The second kappa shape index (κ2) is 5.72. The lowest BCUT2D eigenvalue weighted by Gasteiger charge is -2.27. The van der Waals surface area contributed by atoms with Crippen LogP contribution in [0.15, 0.2) is 24.3 Å². The Kier molecular flexibility index (Phi) is 4.22. The summed E-state index contributed by atoms with van der Waals surface area (Å²) >= 11 is 0. The standard InChI is InChI=1S/C15H23N3O/c1-11-4-6-13(7-5-11)18-10-12(2)9-17(3)14(8-16)15(18)19/h4-7,12,14H,8-10,16H2,1-3H3. The van der Waals surface area contributed by atoms with Crippen LogP contribution in [-0.2, 0) is 4.79 Å². The number of hydrogen-bond donors (Lipinski definition) is 1. The Morgan fingerprint density at radius 2 is 1.89 bits per heavy atom. The maximum absolute atomic E-state index is 12.6. The van der Waals surface area contributed by atoms with Gasteiger partial charge in [0.1, 0.15) is 6.04 Å². The Morgan fingerprint density at radius 3 is 2.47 bits per heavy atom. The average molecular weight is 261 g/mol. The molecule has 0 saturated carbocycles. The Bertz CT molecular complexity index is 443. The molecule has 19 heavy (non-hydrogen) atoms. The van der Waals surface area contributed by atoms with Crippen LogP contribution in [0.3, 0.4) is 0 Å². The van der Waals surface area contributed by atoms with Crippen molar-refractivity contribution in [2.45, 2.75) is 19.9 Å². The zero-order valence-electron chi connectivity index (χ0n) is 12.0. The molecule has 1 aromatic rings. The van der Waals surface area contributed by atoms with Crippen molar-refractivity contribution in [3.05, 3.63) is 29.8 Å². The Labute approximate surface area is 115 Å². The van der Waals surface area contributed by atoms with E-state index >= 15 is 0 Å². The molecule has 0 aromatic heterocycles. The average Bonchev–Trinajstić information content (AvgIpc) is 2.47. The van der Waals surface area contributed by atoms with Gasteiger partial charge in [-0.25, -0.2) is 0 Å². The number of benzene rings is 1. The molecular weight excluding hydrogens is 238 g/mol. The smallest absolute Gasteiger partial charge is 0.245 e. The molecule has 4 nitrogen and oxygen atoms in total. The summed E-state index contributed by atoms with van der Waals surface area (Å²) in [5.74, 6) is 0.546. The van der Waals surface area contributed by atoms with Gasteiger partial charge in [0.25, 0.3) is 0 Å². The van der Waals surface area contributed by atoms with E-state index in [1.807, 2.05) is 43.1 Å². The summed E-state index contributed by atoms with van der Waals surface area (Å²) in [7, 11) is 1.98. The molecule has 0 bridgehead atoms. The number of anilines is 1. The molecule has 4 heteroatoms. The van der Waals surface area contributed by atoms with Crippen molar-refractivity contribution in [2.75, 3.05) is 31.6 Å². The molecule has 2 rings (SSSR count). The van der Waals surface area contributed by atoms with Crippen molar-refractivity contribution in [1.82, 2.24) is 4.90 Å². The maximum atomic E-state index is 12.6. The van der Waals surface area contributed by atoms with Gasteiger partial charge in [-0.2, -0.15) is 0 Å². The number of rotatable bonds is 2. The zero-order chi connectivity index (χ0) is 14.0. The van der Waals surface area contributed by atoms with Crippen LogP contribution in [0.2, 0.25) is 0 Å². The summed E-state index contributed by atoms with van der Waals surface area (Å²) in [6.45, 7) is 6.24. The van der Waals surface area contributed by atoms with Gasteiger partial charge >= 0.3 is 0 Å². The predicted molar refractivity (Wildman–Crippen MR) is 78.2 cm³/mol. The first-order chi connectivity index (χ1) is 9.02. The first-order valence-electron chi connectivity index (χ1n) is 6.81. The molecule has 2 N–H and O–H groups in total. The summed E-state index contributed by atoms with van der Waals surface area (Å²) in [5.41, 5.74) is 7.94. The molecule has 1 amide bonds. The van der Waals surface area contributed by atoms with Gasteiger partial charge in [-0.3, -0.25) is 9.69 Å². The molecule has 1 saturated heterocycles. The molecule has 1 aliphatic heterocycles. The first-order valence-corrected chi connectivity index (χ1v) is 6.81. The minimum atomic E-state index is -0.216. The number of hydrogen-bond acceptors (Lipinski definition) is 3. The molecule has 1 fully saturated rings. The second-order valence-electron chi connectivity index (χ2n) is 5.58. The summed E-state index contributed by atoms with van der Waals surface area (Å²) in [6.07, 6.45) is 0. The third-order valence-electron chi connectivity index (χ3n) is 3.75. The quantitative estimate of drug-likeness (QED) is 0.871. The normalized spacial score (nSPS) is 25.5. The minimum Gasteiger partial charge on any atom is -0.328 e. The van der Waals surface area contributed by atoms with Gasteiger partial charge in [-0.05, 0) is 32.0 Å². The Morgan fingerprint density at radius 1 is 1.26 bits per heavy atom. The van der Waals surface area contributed by atoms with Gasteiger partial charge in [0.15, 0.2) is 0 Å². The molecule has 0 radical (unpaired) electrons. The van der Waals surface area contributed by atoms with Gasteiger partial charge in [0.05, 0.1) is 0 Å². The topological polar surface area (TPSA) is 49.6 Å². The number of nitrogens with two attached hydrogens (primary N) is 1. The Hall–Kier alpha value is -1.39. The lowest BCUT2D eigenvalue weighted by atomic mass is 10.1. The fourth-order valence-corrected chi connectivity index (χ4v) is 2.68. The van der Waals surface area contributed by atoms with Crippen molar-refractivity contribution >= 4 is 11.6 Å². The van der Waals surface area contributed by atoms with Gasteiger partial charge < -0.3 is 10.6 Å². The first kappa shape index (κ1) is 14.0. The molecule has 1 heterocycles. The second-order valence-corrected chi connectivity index (χ2v) is 5.58. The summed E-state index contributed by atoms with van der Waals surface area (Å²) < 4.78 is 0. The van der Waals surface area contributed by atoms with E-state index in [4.69, 9.17) is 5.73 Å². The van der Waals surface area contributed by atoms with Crippen LogP contribution in [0.25, 0.3) is 0 Å². The van der Waals surface area contributed by atoms with E-state index in [-0.39, 0.29) is 11.9 Å². The van der Waals surface area contributed by atoms with Crippen LogP contribution < -0.4 is 10.6 Å². The fraction of sp³-hybridized carbons (Fsp3) is 0.533. The fourth-order valence-electron chi connectivity index (χ4n) is 2.68. The number of nitrogens with zero attached hydrogens (tertiary/aromatic N) is 2. The van der Waals surface area contributed by atoms with Gasteiger partial charge in [0.2, 0.25) is 5.91 Å². The SMILES string of the molecule is Cc1ccc(N2CC(C)CN(C)C(CN)C2=O)cc1. The highest BCUT2D eigenvalue weighted by atomic mass is 16.2. The molecule has 1 aromatic carbocycles. The summed E-state index contributed by atoms with van der Waals surface area (Å²) in [4.78, 5) is 16.6. The van der Waals surface area contributed by atoms with E-state index in [2.05, 4.69) is 11.8 Å². The van der Waals surface area contributed by atoms with Crippen molar-refractivity contribution in [1.29, 1.82) is 0 Å². The molecule has 104 valence electrons. The molecule has 0 aliphatic carbocycles. The number of likely N-dealkylation sites (N-methyl/N-ethyl adjacent to an activating group) is 1. The highest BCUT2D eigenvalue weighted by Gasteiger charge is 2.32. The third kappa shape index (κ3) is 2.96. The van der Waals surface area contributed by atoms with E-state index in [9.17, 15) is 4.79 Å². The van der Waals surface area contributed by atoms with E-state index in [1.54, 1.807) is 0 Å². The molecule has 1 aliphatic rings. The molecule has 2 atom stereocenters. The highest BCUT2D eigenvalue weighted by Crippen LogP contribution is 2.22. The zero-order valence-corrected chi connectivity index (χ0v) is 12.0. The van der Waals surface area contributed by atoms with Crippen LogP contribution in [0.5, 0.6) is 0 Å². The number of carbonyl (C=O) groups excluding carboxylic acids is 1. The number of carbonyl (C=O) groups is 1. The summed E-state index contributed by atoms with van der Waals surface area (Å²) in [6, 6.07) is 7.89. The van der Waals surface area contributed by atoms with Crippen LogP contribution in [0, 0.1) is 12.8 Å². The number of aryl methyl sites for hydroxylation is 1. The van der Waals surface area contributed by atoms with Crippen LogP contribution in [0.4, 0.5) is 5.69 Å². The highest BCUT2D eigenvalue weighted by molar-refractivity contribution is 5.97. The van der Waals surface area contributed by atoms with E-state index in [0.29, 0.717) is 12.5 Å². The molecule has 0 spiro atoms. The van der Waals surface area contributed by atoms with Crippen LogP contribution in [0.1, 0.15) is 12.5 Å². The monoisotopic (exact) mass is 261 g/mol. The van der Waals surface area contributed by atoms with Crippen molar-refractivity contribution < 1.29 is 4.79 Å². The lowest BCUT2D eigenvalue weighted by Crippen LogP contribution is -2.48. The van der Waals surface area contributed by atoms with Gasteiger partial charge in [-0.15, -0.1) is 0 Å². The minimum absolute atomic E-state index is 0.109. The van der Waals surface area contributed by atoms with Crippen molar-refractivity contribution in [2.24, 2.45) is 11.7 Å². The predicted octanol–water partition coefficient (Wildman–Crippen LogP) is 1.24. The van der Waals surface area contributed by atoms with Gasteiger partial charge in [0, 0.05) is 25.3 Å². The number of amides is 1. The Balaban J connectivity index is 2.31. The van der Waals surface area contributed by atoms with Gasteiger partial charge in [-0.1, -0.05) is 24.6 Å². The largest absolute Gasteiger partial charge is 0.328 e.